The average Bonchev–Trinajstić information content (AvgIpc) is 2.72. The van der Waals surface area contributed by atoms with E-state index >= 15 is 0 Å². The molecule has 1 aliphatic rings. The third-order valence-electron chi connectivity index (χ3n) is 2.99. The first-order chi connectivity index (χ1) is 8.24. The molecular weight excluding hydrogens is 236 g/mol. The smallest absolute Gasteiger partial charge is 0.209 e. The Morgan fingerprint density at radius 2 is 2.12 bits per heavy atom. The molecule has 1 aromatic rings. The lowest BCUT2D eigenvalue weighted by Gasteiger charge is -2.32. The highest BCUT2D eigenvalue weighted by Gasteiger charge is 2.19. The Labute approximate surface area is 105 Å². The van der Waals surface area contributed by atoms with Gasteiger partial charge in [-0.15, -0.1) is 11.3 Å². The van der Waals surface area contributed by atoms with Crippen LogP contribution in [0.4, 0.5) is 5.13 Å². The number of nitrogens with two attached hydrogens (primary N) is 1. The number of piperazine rings is 1. The van der Waals surface area contributed by atoms with Crippen LogP contribution in [-0.2, 0) is 11.2 Å². The topological polar surface area (TPSA) is 62.5 Å². The highest BCUT2D eigenvalue weighted by Crippen LogP contribution is 2.26. The monoisotopic (exact) mass is 254 g/mol. The molecule has 2 heterocycles. The number of aryl methyl sites for hydroxylation is 1. The molecule has 1 aromatic heterocycles. The minimum Gasteiger partial charge on any atom is -0.345 e. The number of carbonyl (C=O) groups excluding carboxylic acids is 1. The summed E-state index contributed by atoms with van der Waals surface area (Å²) in [6.45, 7) is 6.01. The largest absolute Gasteiger partial charge is 0.345 e. The molecule has 0 saturated carbocycles. The van der Waals surface area contributed by atoms with Gasteiger partial charge in [0.25, 0.3) is 0 Å². The second-order valence-electron chi connectivity index (χ2n) is 4.17. The standard InChI is InChI=1S/C11H18N4OS/c1-9-10(2-3-12)17-11(13-9)15-6-4-14(8-16)5-7-15/h8H,2-7,12H2,1H3. The fourth-order valence-electron chi connectivity index (χ4n) is 1.93. The summed E-state index contributed by atoms with van der Waals surface area (Å²) in [6.07, 6.45) is 1.82. The molecule has 5 nitrogen and oxygen atoms in total. The van der Waals surface area contributed by atoms with Gasteiger partial charge in [0, 0.05) is 31.1 Å². The Hall–Kier alpha value is -1.14. The summed E-state index contributed by atoms with van der Waals surface area (Å²) in [7, 11) is 0. The summed E-state index contributed by atoms with van der Waals surface area (Å²) in [6, 6.07) is 0. The molecule has 6 heteroatoms. The lowest BCUT2D eigenvalue weighted by Crippen LogP contribution is -2.45. The second-order valence-corrected chi connectivity index (χ2v) is 5.23. The minimum atomic E-state index is 0.668. The number of rotatable bonds is 4. The molecule has 1 aliphatic heterocycles. The number of hydrogen-bond donors (Lipinski definition) is 1. The van der Waals surface area contributed by atoms with Gasteiger partial charge in [-0.3, -0.25) is 4.79 Å². The van der Waals surface area contributed by atoms with E-state index in [1.54, 1.807) is 16.2 Å². The third-order valence-corrected chi connectivity index (χ3v) is 4.26. The van der Waals surface area contributed by atoms with E-state index in [0.717, 1.165) is 49.8 Å². The van der Waals surface area contributed by atoms with Gasteiger partial charge in [-0.1, -0.05) is 0 Å². The molecule has 17 heavy (non-hydrogen) atoms. The molecule has 0 radical (unpaired) electrons. The summed E-state index contributed by atoms with van der Waals surface area (Å²) in [4.78, 5) is 20.5. The van der Waals surface area contributed by atoms with Crippen molar-refractivity contribution < 1.29 is 4.79 Å². The zero-order valence-electron chi connectivity index (χ0n) is 10.1. The fraction of sp³-hybridized carbons (Fsp3) is 0.636. The van der Waals surface area contributed by atoms with E-state index in [0.29, 0.717) is 6.54 Å². The number of amides is 1. The SMILES string of the molecule is Cc1nc(N2CCN(C=O)CC2)sc1CCN. The van der Waals surface area contributed by atoms with Gasteiger partial charge in [-0.2, -0.15) is 0 Å². The van der Waals surface area contributed by atoms with E-state index in [2.05, 4.69) is 9.88 Å². The first kappa shape index (κ1) is 12.3. The van der Waals surface area contributed by atoms with E-state index in [1.165, 1.54) is 4.88 Å². The maximum Gasteiger partial charge on any atom is 0.209 e. The molecule has 1 fully saturated rings. The van der Waals surface area contributed by atoms with Gasteiger partial charge in [-0.05, 0) is 19.9 Å². The molecule has 2 N–H and O–H groups in total. The van der Waals surface area contributed by atoms with Crippen LogP contribution in [0.1, 0.15) is 10.6 Å². The van der Waals surface area contributed by atoms with Gasteiger partial charge in [0.2, 0.25) is 6.41 Å². The van der Waals surface area contributed by atoms with Crippen molar-refractivity contribution in [2.75, 3.05) is 37.6 Å². The predicted molar refractivity (Wildman–Crippen MR) is 69.5 cm³/mol. The van der Waals surface area contributed by atoms with Crippen molar-refractivity contribution in [2.24, 2.45) is 5.73 Å². The van der Waals surface area contributed by atoms with Gasteiger partial charge in [0.05, 0.1) is 5.69 Å². The average molecular weight is 254 g/mol. The van der Waals surface area contributed by atoms with Crippen LogP contribution in [0.2, 0.25) is 0 Å². The van der Waals surface area contributed by atoms with Crippen LogP contribution >= 0.6 is 11.3 Å². The van der Waals surface area contributed by atoms with Crippen LogP contribution in [0.25, 0.3) is 0 Å². The molecule has 0 unspecified atom stereocenters. The van der Waals surface area contributed by atoms with Crippen LogP contribution < -0.4 is 10.6 Å². The number of nitrogens with zero attached hydrogens (tertiary/aromatic N) is 3. The Bertz CT molecular complexity index is 385. The maximum absolute atomic E-state index is 10.6. The molecule has 1 amide bonds. The quantitative estimate of drug-likeness (QED) is 0.781. The number of hydrogen-bond acceptors (Lipinski definition) is 5. The van der Waals surface area contributed by atoms with Gasteiger partial charge in [-0.25, -0.2) is 4.98 Å². The third kappa shape index (κ3) is 2.76. The number of aromatic nitrogens is 1. The molecule has 2 rings (SSSR count). The molecule has 0 aromatic carbocycles. The van der Waals surface area contributed by atoms with Crippen molar-refractivity contribution in [1.29, 1.82) is 0 Å². The summed E-state index contributed by atoms with van der Waals surface area (Å²) >= 11 is 1.73. The van der Waals surface area contributed by atoms with Crippen molar-refractivity contribution in [3.05, 3.63) is 10.6 Å². The van der Waals surface area contributed by atoms with Gasteiger partial charge < -0.3 is 15.5 Å². The van der Waals surface area contributed by atoms with Crippen LogP contribution in [-0.4, -0.2) is 49.0 Å². The molecule has 0 atom stereocenters. The Kier molecular flexibility index (Phi) is 3.96. The van der Waals surface area contributed by atoms with Crippen LogP contribution in [0.15, 0.2) is 0 Å². The molecule has 0 spiro atoms. The highest BCUT2D eigenvalue weighted by molar-refractivity contribution is 7.15. The normalized spacial score (nSPS) is 16.4. The number of carbonyl (C=O) groups is 1. The van der Waals surface area contributed by atoms with E-state index in [-0.39, 0.29) is 0 Å². The van der Waals surface area contributed by atoms with E-state index in [1.807, 2.05) is 6.92 Å². The van der Waals surface area contributed by atoms with Crippen molar-refractivity contribution in [3.63, 3.8) is 0 Å². The minimum absolute atomic E-state index is 0.668. The fourth-order valence-corrected chi connectivity index (χ4v) is 3.06. The van der Waals surface area contributed by atoms with Crippen LogP contribution in [0.5, 0.6) is 0 Å². The molecular formula is C11H18N4OS. The number of thiazole rings is 1. The second kappa shape index (κ2) is 5.46. The molecule has 0 bridgehead atoms. The lowest BCUT2D eigenvalue weighted by molar-refractivity contribution is -0.118. The number of anilines is 1. The Morgan fingerprint density at radius 1 is 1.41 bits per heavy atom. The van der Waals surface area contributed by atoms with Crippen LogP contribution in [0, 0.1) is 6.92 Å². The van der Waals surface area contributed by atoms with E-state index in [9.17, 15) is 4.79 Å². The lowest BCUT2D eigenvalue weighted by atomic mass is 10.3. The summed E-state index contributed by atoms with van der Waals surface area (Å²) in [5, 5.41) is 1.07. The van der Waals surface area contributed by atoms with Gasteiger partial charge in [0.1, 0.15) is 0 Å². The maximum atomic E-state index is 10.6. The Balaban J connectivity index is 2.03. The first-order valence-corrected chi connectivity index (χ1v) is 6.67. The van der Waals surface area contributed by atoms with Gasteiger partial charge >= 0.3 is 0 Å². The van der Waals surface area contributed by atoms with Gasteiger partial charge in [0.15, 0.2) is 5.13 Å². The zero-order valence-corrected chi connectivity index (χ0v) is 10.9. The highest BCUT2D eigenvalue weighted by atomic mass is 32.1. The van der Waals surface area contributed by atoms with E-state index in [4.69, 9.17) is 5.73 Å². The summed E-state index contributed by atoms with van der Waals surface area (Å²) in [5.41, 5.74) is 6.66. The molecule has 0 aliphatic carbocycles. The van der Waals surface area contributed by atoms with Crippen molar-refractivity contribution in [3.8, 4) is 0 Å². The summed E-state index contributed by atoms with van der Waals surface area (Å²) < 4.78 is 0. The van der Waals surface area contributed by atoms with Crippen molar-refractivity contribution in [2.45, 2.75) is 13.3 Å². The first-order valence-electron chi connectivity index (χ1n) is 5.85. The molecule has 1 saturated heterocycles. The van der Waals surface area contributed by atoms with Crippen molar-refractivity contribution >= 4 is 22.9 Å². The zero-order chi connectivity index (χ0) is 12.3. The van der Waals surface area contributed by atoms with E-state index < -0.39 is 0 Å². The van der Waals surface area contributed by atoms with Crippen molar-refractivity contribution in [1.82, 2.24) is 9.88 Å². The Morgan fingerprint density at radius 3 is 2.71 bits per heavy atom. The molecule has 94 valence electrons. The van der Waals surface area contributed by atoms with Crippen LogP contribution in [0.3, 0.4) is 0 Å². The predicted octanol–water partition coefficient (Wildman–Crippen LogP) is 0.231. The summed E-state index contributed by atoms with van der Waals surface area (Å²) in [5.74, 6) is 0.